The Morgan fingerprint density at radius 3 is 2.46 bits per heavy atom. The Hall–Kier alpha value is -2.62. The fourth-order valence-electron chi connectivity index (χ4n) is 2.63. The second-order valence-electron chi connectivity index (χ2n) is 6.14. The molecule has 0 saturated heterocycles. The van der Waals surface area contributed by atoms with Gasteiger partial charge in [0.15, 0.2) is 0 Å². The maximum Gasteiger partial charge on any atom is 0.328 e. The number of benzene rings is 1. The number of methoxy groups -OCH3 is 1. The average Bonchev–Trinajstić information content (AvgIpc) is 2.65. The molecule has 0 spiro atoms. The number of carbonyl (C=O) groups excluding carboxylic acids is 2. The van der Waals surface area contributed by atoms with E-state index in [0.29, 0.717) is 10.8 Å². The highest BCUT2D eigenvalue weighted by molar-refractivity contribution is 6.30. The number of aliphatic carboxylic acids is 1. The third kappa shape index (κ3) is 5.69. The number of aliphatic hydroxyl groups excluding tert-OH is 2. The molecule has 4 N–H and O–H groups in total. The first kappa shape index (κ1) is 21.7. The molecule has 1 amide bonds. The number of carboxylic acids is 1. The molecule has 4 unspecified atom stereocenters. The molecule has 1 aliphatic rings. The van der Waals surface area contributed by atoms with E-state index in [4.69, 9.17) is 21.4 Å². The van der Waals surface area contributed by atoms with Crippen molar-refractivity contribution < 1.29 is 39.2 Å². The average molecular weight is 414 g/mol. The first-order chi connectivity index (χ1) is 13.2. The molecule has 0 bridgehead atoms. The van der Waals surface area contributed by atoms with Gasteiger partial charge in [0.25, 0.3) is 0 Å². The Morgan fingerprint density at radius 1 is 1.25 bits per heavy atom. The van der Waals surface area contributed by atoms with Crippen LogP contribution in [-0.4, -0.2) is 64.6 Å². The van der Waals surface area contributed by atoms with E-state index in [1.807, 2.05) is 0 Å². The first-order valence-corrected chi connectivity index (χ1v) is 8.68. The van der Waals surface area contributed by atoms with Crippen LogP contribution in [0.2, 0.25) is 5.02 Å². The third-order valence-electron chi connectivity index (χ3n) is 4.07. The highest BCUT2D eigenvalue weighted by atomic mass is 35.5. The molecule has 0 aromatic heterocycles. The van der Waals surface area contributed by atoms with Crippen LogP contribution in [0.4, 0.5) is 0 Å². The molecule has 1 aliphatic carbocycles. The minimum atomic E-state index is -1.39. The largest absolute Gasteiger partial charge is 0.484 e. The molecule has 4 atom stereocenters. The molecule has 10 heteroatoms. The number of ether oxygens (including phenoxy) is 2. The number of esters is 1. The van der Waals surface area contributed by atoms with Crippen molar-refractivity contribution in [1.29, 1.82) is 0 Å². The van der Waals surface area contributed by atoms with Gasteiger partial charge >= 0.3 is 11.9 Å². The SMILES string of the molecule is COC(=O)C(CC(=O)O)NC(=O)C1=CC(Oc2ccc(Cl)cc2)C(O)C(O)C1. The van der Waals surface area contributed by atoms with Crippen molar-refractivity contribution in [2.45, 2.75) is 37.2 Å². The molecule has 0 fully saturated rings. The standard InChI is InChI=1S/C18H20ClNO8/c1-27-18(26)12(8-15(22)23)20-17(25)9-6-13(21)16(24)14(7-9)28-11-4-2-10(19)3-5-11/h2-5,7,12-14,16,21,24H,6,8H2,1H3,(H,20,25)(H,22,23). The van der Waals surface area contributed by atoms with Gasteiger partial charge < -0.3 is 30.1 Å². The Labute approximate surface area is 165 Å². The van der Waals surface area contributed by atoms with Gasteiger partial charge in [0.1, 0.15) is 24.0 Å². The van der Waals surface area contributed by atoms with Gasteiger partial charge in [-0.2, -0.15) is 0 Å². The summed E-state index contributed by atoms with van der Waals surface area (Å²) in [5.74, 6) is -2.63. The van der Waals surface area contributed by atoms with E-state index in [-0.39, 0.29) is 12.0 Å². The zero-order chi connectivity index (χ0) is 20.8. The van der Waals surface area contributed by atoms with E-state index in [1.165, 1.54) is 6.08 Å². The van der Waals surface area contributed by atoms with E-state index in [9.17, 15) is 24.6 Å². The number of aliphatic hydroxyl groups is 2. The summed E-state index contributed by atoms with van der Waals surface area (Å²) in [6.07, 6.45) is -3.17. The van der Waals surface area contributed by atoms with Crippen LogP contribution in [0.25, 0.3) is 0 Å². The Morgan fingerprint density at radius 2 is 1.89 bits per heavy atom. The monoisotopic (exact) mass is 413 g/mol. The molecular formula is C18H20ClNO8. The summed E-state index contributed by atoms with van der Waals surface area (Å²) >= 11 is 5.80. The van der Waals surface area contributed by atoms with E-state index in [0.717, 1.165) is 7.11 Å². The summed E-state index contributed by atoms with van der Waals surface area (Å²) in [6.45, 7) is 0. The Balaban J connectivity index is 2.17. The zero-order valence-electron chi connectivity index (χ0n) is 14.9. The molecule has 1 aromatic carbocycles. The first-order valence-electron chi connectivity index (χ1n) is 8.30. The van der Waals surface area contributed by atoms with Gasteiger partial charge in [0.05, 0.1) is 19.6 Å². The van der Waals surface area contributed by atoms with Gasteiger partial charge in [-0.05, 0) is 30.3 Å². The van der Waals surface area contributed by atoms with Gasteiger partial charge in [-0.15, -0.1) is 0 Å². The van der Waals surface area contributed by atoms with Crippen LogP contribution >= 0.6 is 11.6 Å². The number of hydrogen-bond donors (Lipinski definition) is 4. The second kappa shape index (κ2) is 9.54. The lowest BCUT2D eigenvalue weighted by atomic mass is 9.91. The quantitative estimate of drug-likeness (QED) is 0.466. The highest BCUT2D eigenvalue weighted by Crippen LogP contribution is 2.25. The topological polar surface area (TPSA) is 142 Å². The smallest absolute Gasteiger partial charge is 0.328 e. The van der Waals surface area contributed by atoms with Crippen molar-refractivity contribution in [3.8, 4) is 5.75 Å². The van der Waals surface area contributed by atoms with Crippen LogP contribution in [0.1, 0.15) is 12.8 Å². The molecule has 152 valence electrons. The number of carbonyl (C=O) groups is 3. The lowest BCUT2D eigenvalue weighted by Gasteiger charge is -2.31. The van der Waals surface area contributed by atoms with Crippen molar-refractivity contribution in [2.24, 2.45) is 0 Å². The molecule has 0 saturated carbocycles. The van der Waals surface area contributed by atoms with Crippen molar-refractivity contribution in [3.05, 3.63) is 40.9 Å². The number of nitrogens with one attached hydrogen (secondary N) is 1. The van der Waals surface area contributed by atoms with E-state index in [1.54, 1.807) is 24.3 Å². The number of halogens is 1. The second-order valence-corrected chi connectivity index (χ2v) is 6.57. The maximum atomic E-state index is 12.5. The van der Waals surface area contributed by atoms with Crippen LogP contribution in [0.15, 0.2) is 35.9 Å². The summed E-state index contributed by atoms with van der Waals surface area (Å²) in [4.78, 5) is 35.0. The summed E-state index contributed by atoms with van der Waals surface area (Å²) in [7, 11) is 1.07. The van der Waals surface area contributed by atoms with Gasteiger partial charge in [-0.3, -0.25) is 9.59 Å². The predicted octanol–water partition coefficient (Wildman–Crippen LogP) is 0.272. The highest BCUT2D eigenvalue weighted by Gasteiger charge is 2.35. The molecule has 9 nitrogen and oxygen atoms in total. The van der Waals surface area contributed by atoms with E-state index < -0.39 is 48.6 Å². The summed E-state index contributed by atoms with van der Waals surface area (Å²) in [5, 5.41) is 31.8. The number of amides is 1. The Bertz CT molecular complexity index is 763. The summed E-state index contributed by atoms with van der Waals surface area (Å²) < 4.78 is 10.1. The van der Waals surface area contributed by atoms with Crippen LogP contribution < -0.4 is 10.1 Å². The molecule has 1 aromatic rings. The zero-order valence-corrected chi connectivity index (χ0v) is 15.6. The molecule has 0 radical (unpaired) electrons. The lowest BCUT2D eigenvalue weighted by molar-refractivity contribution is -0.149. The van der Waals surface area contributed by atoms with Crippen LogP contribution in [0.3, 0.4) is 0 Å². The van der Waals surface area contributed by atoms with Gasteiger partial charge in [0.2, 0.25) is 5.91 Å². The summed E-state index contributed by atoms with van der Waals surface area (Å²) in [6, 6.07) is 4.88. The molecule has 0 heterocycles. The van der Waals surface area contributed by atoms with Crippen molar-refractivity contribution in [2.75, 3.05) is 7.11 Å². The normalized spacial score (nSPS) is 22.6. The van der Waals surface area contributed by atoms with Crippen LogP contribution in [0.5, 0.6) is 5.75 Å². The van der Waals surface area contributed by atoms with E-state index in [2.05, 4.69) is 10.1 Å². The van der Waals surface area contributed by atoms with Crippen molar-refractivity contribution in [1.82, 2.24) is 5.32 Å². The minimum absolute atomic E-state index is 0.0380. The van der Waals surface area contributed by atoms with Crippen molar-refractivity contribution >= 4 is 29.4 Å². The van der Waals surface area contributed by atoms with E-state index >= 15 is 0 Å². The maximum absolute atomic E-state index is 12.5. The van der Waals surface area contributed by atoms with Gasteiger partial charge in [-0.1, -0.05) is 11.6 Å². The van der Waals surface area contributed by atoms with Crippen molar-refractivity contribution in [3.63, 3.8) is 0 Å². The van der Waals surface area contributed by atoms with Crippen LogP contribution in [-0.2, 0) is 19.1 Å². The van der Waals surface area contributed by atoms with Gasteiger partial charge in [-0.25, -0.2) is 4.79 Å². The fraction of sp³-hybridized carbons (Fsp3) is 0.389. The molecule has 28 heavy (non-hydrogen) atoms. The minimum Gasteiger partial charge on any atom is -0.484 e. The Kier molecular flexibility index (Phi) is 7.38. The lowest BCUT2D eigenvalue weighted by Crippen LogP contribution is -2.48. The number of hydrogen-bond acceptors (Lipinski definition) is 7. The summed E-state index contributed by atoms with van der Waals surface area (Å²) in [5.41, 5.74) is 0.0380. The van der Waals surface area contributed by atoms with Gasteiger partial charge in [0, 0.05) is 17.0 Å². The molecule has 0 aliphatic heterocycles. The third-order valence-corrected chi connectivity index (χ3v) is 4.32. The number of carboxylic acid groups (broad SMARTS) is 1. The molecule has 2 rings (SSSR count). The molecular weight excluding hydrogens is 394 g/mol. The fourth-order valence-corrected chi connectivity index (χ4v) is 2.76. The predicted molar refractivity (Wildman–Crippen MR) is 96.8 cm³/mol. The number of rotatable bonds is 7. The van der Waals surface area contributed by atoms with Crippen LogP contribution in [0, 0.1) is 0 Å².